The molecule has 0 radical (unpaired) electrons. The van der Waals surface area contributed by atoms with Crippen LogP contribution in [0.15, 0.2) is 30.5 Å². The summed E-state index contributed by atoms with van der Waals surface area (Å²) >= 11 is 0. The largest absolute Gasteiger partial charge is 0.480 e. The van der Waals surface area contributed by atoms with Crippen molar-refractivity contribution in [3.05, 3.63) is 36.0 Å². The van der Waals surface area contributed by atoms with Crippen molar-refractivity contribution in [1.82, 2.24) is 14.8 Å². The van der Waals surface area contributed by atoms with Crippen LogP contribution in [0.25, 0.3) is 10.9 Å². The van der Waals surface area contributed by atoms with Crippen molar-refractivity contribution >= 4 is 26.7 Å². The molecule has 1 aromatic carbocycles. The molecule has 8 heteroatoms. The lowest BCUT2D eigenvalue weighted by Crippen LogP contribution is -2.52. The van der Waals surface area contributed by atoms with Crippen LogP contribution >= 0.6 is 0 Å². The zero-order chi connectivity index (χ0) is 18.3. The van der Waals surface area contributed by atoms with E-state index in [0.29, 0.717) is 32.6 Å². The van der Waals surface area contributed by atoms with Crippen molar-refractivity contribution in [1.29, 1.82) is 0 Å². The molecule has 140 valence electrons. The number of nitrogens with zero attached hydrogens (tertiary/aromatic N) is 2. The lowest BCUT2D eigenvalue weighted by molar-refractivity contribution is -0.144. The van der Waals surface area contributed by atoms with Gasteiger partial charge in [-0.1, -0.05) is 18.2 Å². The number of H-pyrrole nitrogens is 1. The van der Waals surface area contributed by atoms with E-state index in [9.17, 15) is 18.3 Å². The summed E-state index contributed by atoms with van der Waals surface area (Å²) in [5.74, 6) is -0.352. The van der Waals surface area contributed by atoms with Gasteiger partial charge in [0.25, 0.3) is 0 Å². The first-order valence-corrected chi connectivity index (χ1v) is 10.7. The Morgan fingerprint density at radius 1 is 1.19 bits per heavy atom. The minimum Gasteiger partial charge on any atom is -0.480 e. The van der Waals surface area contributed by atoms with Gasteiger partial charge in [0.2, 0.25) is 0 Å². The van der Waals surface area contributed by atoms with Crippen LogP contribution in [0.4, 0.5) is 0 Å². The van der Waals surface area contributed by atoms with E-state index < -0.39 is 21.8 Å². The summed E-state index contributed by atoms with van der Waals surface area (Å²) in [6.45, 7) is 2.64. The maximum Gasteiger partial charge on any atom is 0.325 e. The van der Waals surface area contributed by atoms with Crippen LogP contribution in [0, 0.1) is 0 Å². The number of sulfone groups is 1. The molecule has 1 aromatic heterocycles. The predicted molar refractivity (Wildman–Crippen MR) is 98.9 cm³/mol. The Morgan fingerprint density at radius 2 is 1.92 bits per heavy atom. The number of hydrogen-bond acceptors (Lipinski definition) is 5. The maximum atomic E-state index is 12.0. The molecule has 0 bridgehead atoms. The standard InChI is InChI=1S/C18H23N3O4S/c22-18(23)17(15-11-19-16-4-2-1-3-14(15)16)21-8-6-20(7-9-21)13-5-10-26(24,25)12-13/h1-4,11,13,17,19H,5-10,12H2,(H,22,23)/t13-,17-/m1/s1. The number of hydrogen-bond donors (Lipinski definition) is 2. The molecule has 4 rings (SSSR count). The number of aromatic nitrogens is 1. The van der Waals surface area contributed by atoms with E-state index in [1.54, 1.807) is 6.20 Å². The third-order valence-corrected chi connectivity index (χ3v) is 7.34. The number of fused-ring (bicyclic) bond motifs is 1. The molecular formula is C18H23N3O4S. The number of carboxylic acid groups (broad SMARTS) is 1. The lowest BCUT2D eigenvalue weighted by atomic mass is 10.0. The number of aromatic amines is 1. The van der Waals surface area contributed by atoms with Gasteiger partial charge in [0, 0.05) is 54.9 Å². The third kappa shape index (κ3) is 3.24. The average molecular weight is 377 g/mol. The fourth-order valence-electron chi connectivity index (χ4n) is 4.23. The normalized spacial score (nSPS) is 25.5. The quantitative estimate of drug-likeness (QED) is 0.829. The van der Waals surface area contributed by atoms with Crippen LogP contribution in [-0.4, -0.2) is 78.0 Å². The minimum absolute atomic E-state index is 0.0820. The molecule has 2 aromatic rings. The summed E-state index contributed by atoms with van der Waals surface area (Å²) < 4.78 is 23.4. The molecule has 2 aliphatic heterocycles. The van der Waals surface area contributed by atoms with E-state index in [4.69, 9.17) is 0 Å². The van der Waals surface area contributed by atoms with Crippen LogP contribution in [-0.2, 0) is 14.6 Å². The van der Waals surface area contributed by atoms with Crippen LogP contribution in [0.1, 0.15) is 18.0 Å². The molecule has 26 heavy (non-hydrogen) atoms. The van der Waals surface area contributed by atoms with Gasteiger partial charge in [0.1, 0.15) is 6.04 Å². The van der Waals surface area contributed by atoms with Crippen LogP contribution in [0.3, 0.4) is 0 Å². The second-order valence-corrected chi connectivity index (χ2v) is 9.39. The Morgan fingerprint density at radius 3 is 2.58 bits per heavy atom. The Labute approximate surface area is 152 Å². The first kappa shape index (κ1) is 17.5. The molecule has 2 N–H and O–H groups in total. The zero-order valence-electron chi connectivity index (χ0n) is 14.5. The highest BCUT2D eigenvalue weighted by atomic mass is 32.2. The first-order valence-electron chi connectivity index (χ1n) is 8.92. The monoisotopic (exact) mass is 377 g/mol. The number of carbonyl (C=O) groups is 1. The Kier molecular flexibility index (Phi) is 4.50. The van der Waals surface area contributed by atoms with Crippen LogP contribution < -0.4 is 0 Å². The van der Waals surface area contributed by atoms with Gasteiger partial charge in [-0.15, -0.1) is 0 Å². The van der Waals surface area contributed by atoms with E-state index in [1.165, 1.54) is 0 Å². The van der Waals surface area contributed by atoms with Gasteiger partial charge >= 0.3 is 5.97 Å². The van der Waals surface area contributed by atoms with E-state index >= 15 is 0 Å². The van der Waals surface area contributed by atoms with Gasteiger partial charge < -0.3 is 10.1 Å². The van der Waals surface area contributed by atoms with Crippen molar-refractivity contribution in [2.45, 2.75) is 18.5 Å². The van der Waals surface area contributed by atoms with E-state index in [1.807, 2.05) is 29.2 Å². The van der Waals surface area contributed by atoms with Crippen molar-refractivity contribution in [3.63, 3.8) is 0 Å². The molecule has 0 aliphatic carbocycles. The third-order valence-electron chi connectivity index (χ3n) is 5.59. The SMILES string of the molecule is O=C(O)[C@@H](c1c[nH]c2ccccc12)N1CCN([C@@H]2CCS(=O)(=O)C2)CC1. The van der Waals surface area contributed by atoms with E-state index in [0.717, 1.165) is 16.5 Å². The van der Waals surface area contributed by atoms with Crippen LogP contribution in [0.2, 0.25) is 0 Å². The van der Waals surface area contributed by atoms with Gasteiger partial charge in [0.05, 0.1) is 11.5 Å². The summed E-state index contributed by atoms with van der Waals surface area (Å²) in [5.41, 5.74) is 1.72. The Bertz CT molecular complexity index is 915. The predicted octanol–water partition coefficient (Wildman–Crippen LogP) is 1.10. The molecule has 2 saturated heterocycles. The van der Waals surface area contributed by atoms with E-state index in [-0.39, 0.29) is 17.5 Å². The highest BCUT2D eigenvalue weighted by Crippen LogP contribution is 2.30. The molecular weight excluding hydrogens is 354 g/mol. The number of carboxylic acids is 1. The molecule has 3 heterocycles. The number of aliphatic carboxylic acids is 1. The van der Waals surface area contributed by atoms with Gasteiger partial charge in [-0.2, -0.15) is 0 Å². The van der Waals surface area contributed by atoms with Crippen molar-refractivity contribution in [3.8, 4) is 0 Å². The fourth-order valence-corrected chi connectivity index (χ4v) is 5.99. The average Bonchev–Trinajstić information content (AvgIpc) is 3.19. The highest BCUT2D eigenvalue weighted by Gasteiger charge is 2.37. The molecule has 0 spiro atoms. The van der Waals surface area contributed by atoms with Gasteiger partial charge in [0.15, 0.2) is 9.84 Å². The van der Waals surface area contributed by atoms with E-state index in [2.05, 4.69) is 9.88 Å². The molecule has 2 atom stereocenters. The molecule has 0 saturated carbocycles. The number of nitrogens with one attached hydrogen (secondary N) is 1. The van der Waals surface area contributed by atoms with Gasteiger partial charge in [-0.05, 0) is 12.5 Å². The number of piperazine rings is 1. The second kappa shape index (κ2) is 6.68. The summed E-state index contributed by atoms with van der Waals surface area (Å²) in [6.07, 6.45) is 2.48. The fraction of sp³-hybridized carbons (Fsp3) is 0.500. The number of para-hydroxylation sites is 1. The second-order valence-electron chi connectivity index (χ2n) is 7.16. The zero-order valence-corrected chi connectivity index (χ0v) is 15.3. The topological polar surface area (TPSA) is 93.7 Å². The molecule has 0 unspecified atom stereocenters. The smallest absolute Gasteiger partial charge is 0.325 e. The maximum absolute atomic E-state index is 12.0. The summed E-state index contributed by atoms with van der Waals surface area (Å²) in [6, 6.07) is 7.11. The number of benzene rings is 1. The summed E-state index contributed by atoms with van der Waals surface area (Å²) in [4.78, 5) is 19.4. The number of rotatable bonds is 4. The van der Waals surface area contributed by atoms with Crippen LogP contribution in [0.5, 0.6) is 0 Å². The summed E-state index contributed by atoms with van der Waals surface area (Å²) in [5, 5.41) is 10.8. The van der Waals surface area contributed by atoms with Crippen molar-refractivity contribution in [2.24, 2.45) is 0 Å². The first-order chi connectivity index (χ1) is 12.4. The molecule has 7 nitrogen and oxygen atoms in total. The van der Waals surface area contributed by atoms with Gasteiger partial charge in [-0.3, -0.25) is 14.6 Å². The van der Waals surface area contributed by atoms with Crippen molar-refractivity contribution in [2.75, 3.05) is 37.7 Å². The lowest BCUT2D eigenvalue weighted by Gasteiger charge is -2.39. The summed E-state index contributed by atoms with van der Waals surface area (Å²) in [7, 11) is -2.90. The van der Waals surface area contributed by atoms with Gasteiger partial charge in [-0.25, -0.2) is 8.42 Å². The molecule has 2 fully saturated rings. The minimum atomic E-state index is -2.90. The van der Waals surface area contributed by atoms with Crippen molar-refractivity contribution < 1.29 is 18.3 Å². The Balaban J connectivity index is 1.50. The molecule has 2 aliphatic rings. The molecule has 0 amide bonds. The Hall–Kier alpha value is -1.90. The highest BCUT2D eigenvalue weighted by molar-refractivity contribution is 7.91.